The minimum Gasteiger partial charge on any atom is -0.308 e. The quantitative estimate of drug-likeness (QED) is 0.868. The average Bonchev–Trinajstić information content (AvgIpc) is 2.47. The van der Waals surface area contributed by atoms with Crippen molar-refractivity contribution in [1.82, 2.24) is 15.1 Å². The van der Waals surface area contributed by atoms with Gasteiger partial charge in [0.25, 0.3) is 0 Å². The Morgan fingerprint density at radius 3 is 2.62 bits per heavy atom. The summed E-state index contributed by atoms with van der Waals surface area (Å²) in [5, 5.41) is 3.89. The van der Waals surface area contributed by atoms with Crippen molar-refractivity contribution in [2.75, 3.05) is 40.8 Å². The maximum absolute atomic E-state index is 3.89. The maximum atomic E-state index is 3.89. The van der Waals surface area contributed by atoms with Crippen molar-refractivity contribution in [2.45, 2.75) is 31.8 Å². The van der Waals surface area contributed by atoms with E-state index in [0.717, 1.165) is 12.5 Å². The highest BCUT2D eigenvalue weighted by Gasteiger charge is 2.25. The number of nitrogens with one attached hydrogen (secondary N) is 1. The lowest BCUT2D eigenvalue weighted by Gasteiger charge is -2.36. The van der Waals surface area contributed by atoms with Crippen molar-refractivity contribution in [3.63, 3.8) is 0 Å². The lowest BCUT2D eigenvalue weighted by Crippen LogP contribution is -2.45. The fraction of sp³-hybridized carbons (Fsp3) is 0.667. The summed E-state index contributed by atoms with van der Waals surface area (Å²) in [4.78, 5) is 4.74. The zero-order chi connectivity index (χ0) is 15.2. The Bertz CT molecular complexity index is 404. The molecule has 21 heavy (non-hydrogen) atoms. The molecule has 0 radical (unpaired) electrons. The summed E-state index contributed by atoms with van der Waals surface area (Å²) in [5.74, 6) is 0.761. The van der Waals surface area contributed by atoms with Crippen molar-refractivity contribution in [2.24, 2.45) is 5.92 Å². The van der Waals surface area contributed by atoms with Crippen LogP contribution in [0.15, 0.2) is 30.3 Å². The standard InChI is InChI=1S/C18H31N3/c1-15(17-11-8-12-21(4)13-17)19-18(14-20(2)3)16-9-6-5-7-10-16/h5-7,9-10,15,17-19H,8,11-14H2,1-4H3. The fourth-order valence-corrected chi connectivity index (χ4v) is 3.37. The van der Waals surface area contributed by atoms with Crippen molar-refractivity contribution in [3.05, 3.63) is 35.9 Å². The van der Waals surface area contributed by atoms with E-state index in [4.69, 9.17) is 0 Å². The second-order valence-electron chi connectivity index (χ2n) is 6.85. The van der Waals surface area contributed by atoms with E-state index in [0.29, 0.717) is 12.1 Å². The number of benzene rings is 1. The molecule has 0 bridgehead atoms. The van der Waals surface area contributed by atoms with Gasteiger partial charge in [0, 0.05) is 25.2 Å². The summed E-state index contributed by atoms with van der Waals surface area (Å²) >= 11 is 0. The van der Waals surface area contributed by atoms with Crippen LogP contribution in [0.5, 0.6) is 0 Å². The minimum absolute atomic E-state index is 0.406. The smallest absolute Gasteiger partial charge is 0.0451 e. The highest BCUT2D eigenvalue weighted by Crippen LogP contribution is 2.22. The molecule has 0 amide bonds. The van der Waals surface area contributed by atoms with E-state index in [1.807, 2.05) is 0 Å². The van der Waals surface area contributed by atoms with Crippen LogP contribution in [0.4, 0.5) is 0 Å². The van der Waals surface area contributed by atoms with E-state index in [9.17, 15) is 0 Å². The molecule has 0 saturated carbocycles. The second kappa shape index (κ2) is 7.92. The van der Waals surface area contributed by atoms with Gasteiger partial charge in [0.05, 0.1) is 0 Å². The fourth-order valence-electron chi connectivity index (χ4n) is 3.37. The molecule has 2 rings (SSSR count). The minimum atomic E-state index is 0.406. The first-order valence-electron chi connectivity index (χ1n) is 8.20. The molecule has 1 aromatic rings. The third-order valence-corrected chi connectivity index (χ3v) is 4.58. The van der Waals surface area contributed by atoms with Crippen LogP contribution in [0.1, 0.15) is 31.4 Å². The summed E-state index contributed by atoms with van der Waals surface area (Å²) < 4.78 is 0. The number of nitrogens with zero attached hydrogens (tertiary/aromatic N) is 2. The number of likely N-dealkylation sites (tertiary alicyclic amines) is 1. The second-order valence-corrected chi connectivity index (χ2v) is 6.85. The van der Waals surface area contributed by atoms with Gasteiger partial charge in [0.2, 0.25) is 0 Å². The predicted molar refractivity (Wildman–Crippen MR) is 90.6 cm³/mol. The lowest BCUT2D eigenvalue weighted by molar-refractivity contribution is 0.168. The first-order valence-corrected chi connectivity index (χ1v) is 8.20. The molecular weight excluding hydrogens is 258 g/mol. The molecule has 0 aromatic heterocycles. The predicted octanol–water partition coefficient (Wildman–Crippen LogP) is 2.61. The van der Waals surface area contributed by atoms with Gasteiger partial charge in [-0.05, 0) is 58.9 Å². The van der Waals surface area contributed by atoms with Gasteiger partial charge in [-0.25, -0.2) is 0 Å². The van der Waals surface area contributed by atoms with Crippen molar-refractivity contribution in [1.29, 1.82) is 0 Å². The van der Waals surface area contributed by atoms with Crippen LogP contribution in [0.3, 0.4) is 0 Å². The summed E-state index contributed by atoms with van der Waals surface area (Å²) in [5.41, 5.74) is 1.39. The first-order chi connectivity index (χ1) is 10.1. The number of rotatable bonds is 6. The Kier molecular flexibility index (Phi) is 6.22. The normalized spacial score (nSPS) is 23.2. The van der Waals surface area contributed by atoms with Crippen LogP contribution in [0.2, 0.25) is 0 Å². The number of hydrogen-bond donors (Lipinski definition) is 1. The third kappa shape index (κ3) is 5.10. The van der Waals surface area contributed by atoms with Gasteiger partial charge in [-0.1, -0.05) is 30.3 Å². The molecule has 3 nitrogen and oxygen atoms in total. The van der Waals surface area contributed by atoms with E-state index < -0.39 is 0 Å². The van der Waals surface area contributed by atoms with Gasteiger partial charge in [-0.3, -0.25) is 0 Å². The molecule has 1 aromatic carbocycles. The SMILES string of the molecule is CC(NC(CN(C)C)c1ccccc1)C1CCCN(C)C1. The summed E-state index contributed by atoms with van der Waals surface area (Å²) in [6.45, 7) is 5.87. The van der Waals surface area contributed by atoms with Crippen LogP contribution in [0, 0.1) is 5.92 Å². The molecule has 3 unspecified atom stereocenters. The summed E-state index contributed by atoms with van der Waals surface area (Å²) in [6, 6.07) is 11.8. The van der Waals surface area contributed by atoms with E-state index in [1.54, 1.807) is 0 Å². The molecule has 1 fully saturated rings. The highest BCUT2D eigenvalue weighted by molar-refractivity contribution is 5.19. The van der Waals surface area contributed by atoms with E-state index in [2.05, 4.69) is 73.5 Å². The topological polar surface area (TPSA) is 18.5 Å². The van der Waals surface area contributed by atoms with Crippen molar-refractivity contribution in [3.8, 4) is 0 Å². The molecule has 3 atom stereocenters. The Balaban J connectivity index is 2.00. The molecule has 1 aliphatic rings. The first kappa shape index (κ1) is 16.5. The molecule has 1 saturated heterocycles. The van der Waals surface area contributed by atoms with E-state index >= 15 is 0 Å². The van der Waals surface area contributed by atoms with Crippen LogP contribution < -0.4 is 5.32 Å². The molecular formula is C18H31N3. The summed E-state index contributed by atoms with van der Waals surface area (Å²) in [6.07, 6.45) is 2.68. The van der Waals surface area contributed by atoms with Gasteiger partial charge in [0.15, 0.2) is 0 Å². The molecule has 118 valence electrons. The Hall–Kier alpha value is -0.900. The Morgan fingerprint density at radius 2 is 2.00 bits per heavy atom. The Labute approximate surface area is 130 Å². The van der Waals surface area contributed by atoms with Crippen molar-refractivity contribution < 1.29 is 0 Å². The summed E-state index contributed by atoms with van der Waals surface area (Å²) in [7, 11) is 6.54. The van der Waals surface area contributed by atoms with Crippen LogP contribution in [-0.2, 0) is 0 Å². The van der Waals surface area contributed by atoms with Gasteiger partial charge in [-0.15, -0.1) is 0 Å². The van der Waals surface area contributed by atoms with Crippen LogP contribution >= 0.6 is 0 Å². The number of likely N-dealkylation sites (N-methyl/N-ethyl adjacent to an activating group) is 1. The molecule has 1 aliphatic heterocycles. The lowest BCUT2D eigenvalue weighted by atomic mass is 9.91. The average molecular weight is 289 g/mol. The number of hydrogen-bond acceptors (Lipinski definition) is 3. The zero-order valence-corrected chi connectivity index (χ0v) is 14.0. The van der Waals surface area contributed by atoms with Gasteiger partial charge in [0.1, 0.15) is 0 Å². The molecule has 0 spiro atoms. The molecule has 0 aliphatic carbocycles. The van der Waals surface area contributed by atoms with E-state index in [1.165, 1.54) is 31.5 Å². The van der Waals surface area contributed by atoms with Gasteiger partial charge >= 0.3 is 0 Å². The Morgan fingerprint density at radius 1 is 1.29 bits per heavy atom. The highest BCUT2D eigenvalue weighted by atomic mass is 15.1. The van der Waals surface area contributed by atoms with Gasteiger partial charge < -0.3 is 15.1 Å². The van der Waals surface area contributed by atoms with E-state index in [-0.39, 0.29) is 0 Å². The number of piperidine rings is 1. The zero-order valence-electron chi connectivity index (χ0n) is 14.0. The molecule has 3 heteroatoms. The van der Waals surface area contributed by atoms with Crippen molar-refractivity contribution >= 4 is 0 Å². The maximum Gasteiger partial charge on any atom is 0.0451 e. The third-order valence-electron chi connectivity index (χ3n) is 4.58. The monoisotopic (exact) mass is 289 g/mol. The van der Waals surface area contributed by atoms with Crippen LogP contribution in [-0.4, -0.2) is 56.6 Å². The van der Waals surface area contributed by atoms with Gasteiger partial charge in [-0.2, -0.15) is 0 Å². The largest absolute Gasteiger partial charge is 0.308 e. The van der Waals surface area contributed by atoms with Crippen LogP contribution in [0.25, 0.3) is 0 Å². The molecule has 1 heterocycles. The molecule has 1 N–H and O–H groups in total.